The van der Waals surface area contributed by atoms with Gasteiger partial charge < -0.3 is 10.2 Å². The fourth-order valence-electron chi connectivity index (χ4n) is 3.41. The molecule has 6 nitrogen and oxygen atoms in total. The number of imide groups is 1. The van der Waals surface area contributed by atoms with Gasteiger partial charge in [-0.1, -0.05) is 26.7 Å². The number of nitrogens with zero attached hydrogens (tertiary/aromatic N) is 1. The zero-order valence-electron chi connectivity index (χ0n) is 12.9. The Balaban J connectivity index is 2.08. The molecule has 2 rings (SSSR count). The van der Waals surface area contributed by atoms with Gasteiger partial charge in [-0.05, 0) is 25.7 Å². The van der Waals surface area contributed by atoms with Crippen molar-refractivity contribution in [1.29, 1.82) is 0 Å². The molecule has 2 fully saturated rings. The van der Waals surface area contributed by atoms with Crippen LogP contribution in [0.2, 0.25) is 0 Å². The van der Waals surface area contributed by atoms with Crippen LogP contribution in [0.15, 0.2) is 0 Å². The average Bonchev–Trinajstić information content (AvgIpc) is 2.71. The summed E-state index contributed by atoms with van der Waals surface area (Å²) in [6.45, 7) is 5.14. The number of hydrogen-bond donors (Lipinski definition) is 2. The second kappa shape index (κ2) is 6.45. The molecular weight excluding hydrogens is 270 g/mol. The highest BCUT2D eigenvalue weighted by Crippen LogP contribution is 2.27. The van der Waals surface area contributed by atoms with E-state index >= 15 is 0 Å². The molecule has 0 aromatic carbocycles. The predicted molar refractivity (Wildman–Crippen MR) is 78.5 cm³/mol. The van der Waals surface area contributed by atoms with Gasteiger partial charge in [0.15, 0.2) is 0 Å². The maximum atomic E-state index is 12.7. The number of rotatable bonds is 5. The molecule has 4 amide bonds. The van der Waals surface area contributed by atoms with Gasteiger partial charge in [0.1, 0.15) is 5.54 Å². The SMILES string of the molecule is CCCC(CCC)C(=O)N1CCCC2(C1)NC(=O)NC2=O. The van der Waals surface area contributed by atoms with E-state index < -0.39 is 11.6 Å². The highest BCUT2D eigenvalue weighted by Gasteiger charge is 2.49. The molecule has 2 aliphatic heterocycles. The van der Waals surface area contributed by atoms with Gasteiger partial charge >= 0.3 is 6.03 Å². The Morgan fingerprint density at radius 2 is 1.95 bits per heavy atom. The molecule has 0 radical (unpaired) electrons. The van der Waals surface area contributed by atoms with E-state index in [-0.39, 0.29) is 17.7 Å². The lowest BCUT2D eigenvalue weighted by Crippen LogP contribution is -2.60. The van der Waals surface area contributed by atoms with Crippen molar-refractivity contribution in [3.05, 3.63) is 0 Å². The highest BCUT2D eigenvalue weighted by atomic mass is 16.2. The van der Waals surface area contributed by atoms with Crippen molar-refractivity contribution in [3.8, 4) is 0 Å². The van der Waals surface area contributed by atoms with Crippen molar-refractivity contribution in [2.24, 2.45) is 5.92 Å². The molecule has 0 aromatic heterocycles. The van der Waals surface area contributed by atoms with Crippen LogP contribution in [0.3, 0.4) is 0 Å². The molecule has 1 atom stereocenters. The minimum Gasteiger partial charge on any atom is -0.340 e. The summed E-state index contributed by atoms with van der Waals surface area (Å²) in [5.74, 6) is -0.130. The maximum Gasteiger partial charge on any atom is 0.322 e. The van der Waals surface area contributed by atoms with E-state index in [1.54, 1.807) is 4.90 Å². The number of amides is 4. The standard InChI is InChI=1S/C15H25N3O3/c1-3-6-11(7-4-2)12(19)18-9-5-8-15(10-18)13(20)16-14(21)17-15/h11H,3-10H2,1-2H3,(H2,16,17,20,21). The molecule has 2 N–H and O–H groups in total. The van der Waals surface area contributed by atoms with Crippen molar-refractivity contribution in [1.82, 2.24) is 15.5 Å². The molecule has 2 heterocycles. The predicted octanol–water partition coefficient (Wildman–Crippen LogP) is 1.40. The smallest absolute Gasteiger partial charge is 0.322 e. The number of likely N-dealkylation sites (tertiary alicyclic amines) is 1. The number of piperidine rings is 1. The topological polar surface area (TPSA) is 78.5 Å². The molecule has 0 bridgehead atoms. The Kier molecular flexibility index (Phi) is 4.85. The first-order chi connectivity index (χ1) is 10.0. The molecule has 6 heteroatoms. The van der Waals surface area contributed by atoms with Gasteiger partial charge in [-0.15, -0.1) is 0 Å². The normalized spacial score (nSPS) is 25.4. The van der Waals surface area contributed by atoms with Gasteiger partial charge in [0.2, 0.25) is 5.91 Å². The minimum atomic E-state index is -0.909. The maximum absolute atomic E-state index is 12.7. The molecule has 0 saturated carbocycles. The van der Waals surface area contributed by atoms with Crippen molar-refractivity contribution in [3.63, 3.8) is 0 Å². The number of nitrogens with one attached hydrogen (secondary N) is 2. The first-order valence-electron chi connectivity index (χ1n) is 7.94. The summed E-state index contributed by atoms with van der Waals surface area (Å²) < 4.78 is 0. The van der Waals surface area contributed by atoms with Crippen molar-refractivity contribution in [2.45, 2.75) is 57.9 Å². The Morgan fingerprint density at radius 3 is 2.48 bits per heavy atom. The molecule has 118 valence electrons. The van der Waals surface area contributed by atoms with Gasteiger partial charge in [-0.2, -0.15) is 0 Å². The monoisotopic (exact) mass is 295 g/mol. The Labute approximate surface area is 125 Å². The third-order valence-corrected chi connectivity index (χ3v) is 4.44. The van der Waals surface area contributed by atoms with Gasteiger partial charge in [-0.3, -0.25) is 14.9 Å². The summed E-state index contributed by atoms with van der Waals surface area (Å²) in [5, 5.41) is 5.00. The largest absolute Gasteiger partial charge is 0.340 e. The highest BCUT2D eigenvalue weighted by molar-refractivity contribution is 6.07. The van der Waals surface area contributed by atoms with E-state index in [2.05, 4.69) is 24.5 Å². The van der Waals surface area contributed by atoms with Gasteiger partial charge in [0.05, 0.1) is 6.54 Å². The molecule has 21 heavy (non-hydrogen) atoms. The fraction of sp³-hybridized carbons (Fsp3) is 0.800. The number of hydrogen-bond acceptors (Lipinski definition) is 3. The fourth-order valence-corrected chi connectivity index (χ4v) is 3.41. The van der Waals surface area contributed by atoms with Crippen LogP contribution < -0.4 is 10.6 Å². The lowest BCUT2D eigenvalue weighted by Gasteiger charge is -2.39. The van der Waals surface area contributed by atoms with E-state index in [1.807, 2.05) is 0 Å². The zero-order valence-corrected chi connectivity index (χ0v) is 12.9. The third kappa shape index (κ3) is 3.19. The van der Waals surface area contributed by atoms with E-state index in [0.29, 0.717) is 19.5 Å². The van der Waals surface area contributed by atoms with Gasteiger partial charge in [-0.25, -0.2) is 4.79 Å². The first-order valence-corrected chi connectivity index (χ1v) is 7.94. The molecule has 1 unspecified atom stereocenters. The number of urea groups is 1. The Hall–Kier alpha value is -1.59. The van der Waals surface area contributed by atoms with Crippen molar-refractivity contribution >= 4 is 17.8 Å². The summed E-state index contributed by atoms with van der Waals surface area (Å²) in [6, 6.07) is -0.451. The summed E-state index contributed by atoms with van der Waals surface area (Å²) in [5.41, 5.74) is -0.909. The van der Waals surface area contributed by atoms with Crippen LogP contribution in [-0.2, 0) is 9.59 Å². The second-order valence-electron chi connectivity index (χ2n) is 6.13. The van der Waals surface area contributed by atoms with Crippen LogP contribution in [0.4, 0.5) is 4.79 Å². The average molecular weight is 295 g/mol. The van der Waals surface area contributed by atoms with Crippen LogP contribution in [-0.4, -0.2) is 41.4 Å². The van der Waals surface area contributed by atoms with Crippen molar-refractivity contribution < 1.29 is 14.4 Å². The van der Waals surface area contributed by atoms with Crippen LogP contribution >= 0.6 is 0 Å². The quantitative estimate of drug-likeness (QED) is 0.753. The summed E-state index contributed by atoms with van der Waals surface area (Å²) in [4.78, 5) is 37.9. The lowest BCUT2D eigenvalue weighted by molar-refractivity contribution is -0.140. The third-order valence-electron chi connectivity index (χ3n) is 4.44. The van der Waals surface area contributed by atoms with E-state index in [9.17, 15) is 14.4 Å². The zero-order chi connectivity index (χ0) is 15.5. The molecule has 1 spiro atoms. The molecule has 2 saturated heterocycles. The van der Waals surface area contributed by atoms with E-state index in [4.69, 9.17) is 0 Å². The second-order valence-corrected chi connectivity index (χ2v) is 6.13. The molecule has 0 aliphatic carbocycles. The summed E-state index contributed by atoms with van der Waals surface area (Å²) in [7, 11) is 0. The van der Waals surface area contributed by atoms with Crippen LogP contribution in [0, 0.1) is 5.92 Å². The first kappa shape index (κ1) is 15.8. The summed E-state index contributed by atoms with van der Waals surface area (Å²) >= 11 is 0. The van der Waals surface area contributed by atoms with Crippen LogP contribution in [0.25, 0.3) is 0 Å². The number of carbonyl (C=O) groups excluding carboxylic acids is 3. The lowest BCUT2D eigenvalue weighted by atomic mass is 9.87. The van der Waals surface area contributed by atoms with Crippen LogP contribution in [0.1, 0.15) is 52.4 Å². The van der Waals surface area contributed by atoms with Gasteiger partial charge in [0, 0.05) is 12.5 Å². The molecule has 0 aromatic rings. The summed E-state index contributed by atoms with van der Waals surface area (Å²) in [6.07, 6.45) is 5.06. The van der Waals surface area contributed by atoms with Crippen molar-refractivity contribution in [2.75, 3.05) is 13.1 Å². The Morgan fingerprint density at radius 1 is 1.29 bits per heavy atom. The molecular formula is C15H25N3O3. The van der Waals surface area contributed by atoms with Crippen LogP contribution in [0.5, 0.6) is 0 Å². The minimum absolute atomic E-state index is 0.0373. The number of carbonyl (C=O) groups is 3. The Bertz CT molecular complexity index is 432. The van der Waals surface area contributed by atoms with E-state index in [1.165, 1.54) is 0 Å². The van der Waals surface area contributed by atoms with E-state index in [0.717, 1.165) is 32.1 Å². The van der Waals surface area contributed by atoms with Gasteiger partial charge in [0.25, 0.3) is 5.91 Å². The molecule has 2 aliphatic rings.